The SMILES string of the molecule is COc1cc(O)c([C@H]2c3c(OC)c(OC)c(OC)c4c3C(=O)O[C@@H]2[C@H]([C@@H]2OC(=O)c3c(cc(OC)c(OC)c3OC)-c3c(cc(OC)c(OC)c3OC)C(=O)OC[C@H]2OC(=O)c2cc(OC)c(OC)c(OC)c2)OC(=O)c2cc(OC)c(OC)c(OC)c2-4)c2c1C[C@H](OC)[C@@H](c1cc(OC)c(OC)c(OC)c1)O2. The number of rotatable bonds is 25. The minimum Gasteiger partial charge on any atom is -0.507 e. The zero-order valence-electron chi connectivity index (χ0n) is 62.7. The van der Waals surface area contributed by atoms with E-state index < -0.39 is 107 Å². The number of phenols is 1. The molecule has 0 aliphatic carbocycles. The lowest BCUT2D eigenvalue weighted by Crippen LogP contribution is -2.56. The maximum Gasteiger partial charge on any atom is 0.343 e. The number of methoxy groups -OCH3 is 20. The summed E-state index contributed by atoms with van der Waals surface area (Å²) >= 11 is 0. The van der Waals surface area contributed by atoms with Crippen LogP contribution in [0.5, 0.6) is 121 Å². The lowest BCUT2D eigenvalue weighted by atomic mass is 9.73. The number of esters is 5. The topological polar surface area (TPSA) is 346 Å². The average molecular weight is 1510 g/mol. The van der Waals surface area contributed by atoms with Crippen LogP contribution in [0, 0.1) is 0 Å². The number of aromatic hydroxyl groups is 1. The van der Waals surface area contributed by atoms with Gasteiger partial charge in [-0.2, -0.15) is 0 Å². The molecule has 4 aliphatic heterocycles. The molecule has 32 heteroatoms. The van der Waals surface area contributed by atoms with Crippen molar-refractivity contribution in [2.24, 2.45) is 0 Å². The van der Waals surface area contributed by atoms with Gasteiger partial charge in [-0.25, -0.2) is 24.0 Å². The molecular weight excluding hydrogens is 1420 g/mol. The van der Waals surface area contributed by atoms with Crippen molar-refractivity contribution in [1.29, 1.82) is 0 Å². The van der Waals surface area contributed by atoms with Crippen molar-refractivity contribution in [2.45, 2.75) is 49.0 Å². The van der Waals surface area contributed by atoms with E-state index in [2.05, 4.69) is 0 Å². The molecule has 7 aromatic carbocycles. The Morgan fingerprint density at radius 2 is 0.769 bits per heavy atom. The van der Waals surface area contributed by atoms with Gasteiger partial charge in [0.25, 0.3) is 0 Å². The maximum absolute atomic E-state index is 16.9. The Bertz CT molecular complexity index is 4640. The number of fused-ring (bicyclic) bond motifs is 8. The summed E-state index contributed by atoms with van der Waals surface area (Å²) < 4.78 is 161. The number of carbonyl (C=O) groups is 5. The first-order valence-corrected chi connectivity index (χ1v) is 32.8. The third-order valence-corrected chi connectivity index (χ3v) is 19.0. The Hall–Kier alpha value is -12.4. The number of phenolic OH excluding ortho intramolecular Hbond substituents is 1. The van der Waals surface area contributed by atoms with Gasteiger partial charge < -0.3 is 128 Å². The predicted octanol–water partition coefficient (Wildman–Crippen LogP) is 9.41. The molecule has 108 heavy (non-hydrogen) atoms. The molecule has 4 heterocycles. The molecule has 4 aliphatic rings. The van der Waals surface area contributed by atoms with Gasteiger partial charge in [0, 0.05) is 64.1 Å². The van der Waals surface area contributed by atoms with Crippen molar-refractivity contribution in [3.63, 3.8) is 0 Å². The molecule has 0 fully saturated rings. The summed E-state index contributed by atoms with van der Waals surface area (Å²) in [5.74, 6) is -11.1. The summed E-state index contributed by atoms with van der Waals surface area (Å²) in [6.07, 6.45) is -11.7. The zero-order valence-corrected chi connectivity index (χ0v) is 62.7. The van der Waals surface area contributed by atoms with Gasteiger partial charge in [-0.3, -0.25) is 0 Å². The second kappa shape index (κ2) is 31.8. The van der Waals surface area contributed by atoms with Gasteiger partial charge in [0.2, 0.25) is 34.5 Å². The van der Waals surface area contributed by atoms with E-state index in [1.807, 2.05) is 0 Å². The first-order chi connectivity index (χ1) is 52.2. The summed E-state index contributed by atoms with van der Waals surface area (Å²) in [6.45, 7) is -1.17. The van der Waals surface area contributed by atoms with E-state index in [1.54, 1.807) is 12.1 Å². The molecule has 7 aromatic rings. The Kier molecular flexibility index (Phi) is 22.6. The van der Waals surface area contributed by atoms with Gasteiger partial charge in [0.05, 0.1) is 163 Å². The second-order valence-electron chi connectivity index (χ2n) is 23.8. The summed E-state index contributed by atoms with van der Waals surface area (Å²) in [4.78, 5) is 81.6. The average Bonchev–Trinajstić information content (AvgIpc) is 0.706. The lowest BCUT2D eigenvalue weighted by Gasteiger charge is -2.44. The monoisotopic (exact) mass is 1500 g/mol. The van der Waals surface area contributed by atoms with E-state index in [1.165, 1.54) is 179 Å². The predicted molar refractivity (Wildman–Crippen MR) is 376 cm³/mol. The number of benzene rings is 7. The number of hydrogen-bond acceptors (Lipinski definition) is 32. The molecule has 576 valence electrons. The maximum atomic E-state index is 16.9. The molecule has 0 saturated heterocycles. The minimum absolute atomic E-state index is 0.0451. The quantitative estimate of drug-likeness (QED) is 0.0411. The molecule has 0 radical (unpaired) electrons. The van der Waals surface area contributed by atoms with E-state index >= 15 is 24.0 Å². The molecule has 11 rings (SSSR count). The van der Waals surface area contributed by atoms with E-state index in [0.717, 1.165) is 0 Å². The molecule has 0 saturated carbocycles. The van der Waals surface area contributed by atoms with E-state index in [9.17, 15) is 5.11 Å². The molecule has 0 spiro atoms. The third-order valence-electron chi connectivity index (χ3n) is 19.0. The van der Waals surface area contributed by atoms with E-state index in [0.29, 0.717) is 5.56 Å². The minimum atomic E-state index is -2.50. The van der Waals surface area contributed by atoms with Gasteiger partial charge in [0.1, 0.15) is 35.5 Å². The van der Waals surface area contributed by atoms with Crippen molar-refractivity contribution in [3.8, 4) is 143 Å². The fourth-order valence-electron chi connectivity index (χ4n) is 14.4. The molecule has 0 unspecified atom stereocenters. The summed E-state index contributed by atoms with van der Waals surface area (Å²) in [5.41, 5.74) is -3.12. The van der Waals surface area contributed by atoms with Crippen LogP contribution in [0.3, 0.4) is 0 Å². The van der Waals surface area contributed by atoms with Gasteiger partial charge in [-0.15, -0.1) is 0 Å². The van der Waals surface area contributed by atoms with Crippen LogP contribution in [0.4, 0.5) is 0 Å². The molecule has 7 atom stereocenters. The highest BCUT2D eigenvalue weighted by atomic mass is 16.7. The number of ether oxygens (including phenoxy) is 26. The van der Waals surface area contributed by atoms with Crippen LogP contribution in [-0.4, -0.2) is 214 Å². The zero-order chi connectivity index (χ0) is 78.0. The van der Waals surface area contributed by atoms with Crippen molar-refractivity contribution in [2.75, 3.05) is 149 Å². The number of carbonyl (C=O) groups excluding carboxylic acids is 5. The van der Waals surface area contributed by atoms with Crippen LogP contribution < -0.4 is 94.7 Å². The van der Waals surface area contributed by atoms with Crippen molar-refractivity contribution >= 4 is 29.8 Å². The molecule has 1 N–H and O–H groups in total. The highest BCUT2D eigenvalue weighted by molar-refractivity contribution is 6.12. The number of cyclic esters (lactones) is 3. The second-order valence-corrected chi connectivity index (χ2v) is 23.8. The van der Waals surface area contributed by atoms with Gasteiger partial charge >= 0.3 is 29.8 Å². The Morgan fingerprint density at radius 1 is 0.352 bits per heavy atom. The highest BCUT2D eigenvalue weighted by Gasteiger charge is 2.58. The Balaban J connectivity index is 1.33. The summed E-state index contributed by atoms with van der Waals surface area (Å²) in [5, 5.41) is 13.5. The van der Waals surface area contributed by atoms with Gasteiger partial charge in [-0.05, 0) is 42.5 Å². The van der Waals surface area contributed by atoms with Gasteiger partial charge in [-0.1, -0.05) is 0 Å². The number of hydrogen-bond donors (Lipinski definition) is 1. The summed E-state index contributed by atoms with van der Waals surface area (Å²) in [7, 11) is 26.2. The van der Waals surface area contributed by atoms with Crippen LogP contribution in [0.2, 0.25) is 0 Å². The van der Waals surface area contributed by atoms with Crippen LogP contribution in [0.15, 0.2) is 48.5 Å². The van der Waals surface area contributed by atoms with Gasteiger partial charge in [0.15, 0.2) is 99.5 Å². The molecule has 0 amide bonds. The first-order valence-electron chi connectivity index (χ1n) is 32.8. The highest BCUT2D eigenvalue weighted by Crippen LogP contribution is 2.64. The lowest BCUT2D eigenvalue weighted by molar-refractivity contribution is -0.135. The fourth-order valence-corrected chi connectivity index (χ4v) is 14.4. The van der Waals surface area contributed by atoms with Crippen molar-refractivity contribution < 1.29 is 152 Å². The molecule has 0 aromatic heterocycles. The molecule has 2 bridgehead atoms. The van der Waals surface area contributed by atoms with E-state index in [4.69, 9.17) is 123 Å². The standard InChI is InChI=1S/C76H80O32/c1-83-38-29-37(77)51(57-33(38)25-43(88-6)56(105-57)31-21-39(84-2)58(92-10)40(22-31)85-3)53-54-55-52(67(100-18)70(102-20)68(54)101-19)49-36(28-46(91-9)61(95-13)65(49)98-16)74(80)108-71(69(53)107-76(55)82)63-47(104-72(78)32-23-41(86-4)59(93-11)42(24-32)87-5)30-103-73(79)35-27-45(90-8)60(94-12)64(97-15)48(35)34-26-44(89-7)62(96-14)66(99-17)50(34)75(81)106-63/h21-24,26-29,43,47,53,56,63,69,71,77H,25,30H2,1-20H3/t43-,47+,53-,56+,63+,69-,71-/m0/s1. The fraction of sp³-hybridized carbons (Fsp3) is 0.382. The first kappa shape index (κ1) is 76.8. The van der Waals surface area contributed by atoms with Crippen LogP contribution in [0.25, 0.3) is 22.3 Å². The molecular formula is C76H80O32. The normalized spacial score (nSPS) is 18.2. The van der Waals surface area contributed by atoms with Crippen molar-refractivity contribution in [3.05, 3.63) is 98.6 Å². The smallest absolute Gasteiger partial charge is 0.343 e. The van der Waals surface area contributed by atoms with Crippen LogP contribution in [0.1, 0.15) is 86.1 Å². The largest absolute Gasteiger partial charge is 0.507 e. The van der Waals surface area contributed by atoms with Crippen molar-refractivity contribution in [1.82, 2.24) is 0 Å². The Labute approximate surface area is 619 Å². The summed E-state index contributed by atoms with van der Waals surface area (Å²) in [6, 6.07) is 10.8. The van der Waals surface area contributed by atoms with Crippen LogP contribution >= 0.6 is 0 Å². The van der Waals surface area contributed by atoms with Crippen LogP contribution in [-0.2, 0) is 34.8 Å². The molecule has 32 nitrogen and oxygen atoms in total. The Morgan fingerprint density at radius 3 is 1.25 bits per heavy atom. The third kappa shape index (κ3) is 12.6. The van der Waals surface area contributed by atoms with E-state index in [-0.39, 0.29) is 166 Å².